The first-order valence-corrected chi connectivity index (χ1v) is 7.51. The van der Waals surface area contributed by atoms with Crippen LogP contribution in [0, 0.1) is 20.2 Å². The molecule has 158 valence electrons. The van der Waals surface area contributed by atoms with Crippen molar-refractivity contribution in [3.63, 3.8) is 0 Å². The zero-order valence-electron chi connectivity index (χ0n) is 14.7. The predicted molar refractivity (Wildman–Crippen MR) is 85.3 cm³/mol. The first-order chi connectivity index (χ1) is 13.7. The molecule has 1 aromatic rings. The van der Waals surface area contributed by atoms with Crippen molar-refractivity contribution in [3.8, 4) is 5.75 Å². The van der Waals surface area contributed by atoms with Crippen molar-refractivity contribution in [3.05, 3.63) is 50.1 Å². The van der Waals surface area contributed by atoms with Crippen LogP contribution in [0.15, 0.2) is 24.3 Å². The van der Waals surface area contributed by atoms with Crippen molar-refractivity contribution < 1.29 is 53.2 Å². The summed E-state index contributed by atoms with van der Waals surface area (Å²) in [5.74, 6) is -1.72. The summed E-state index contributed by atoms with van der Waals surface area (Å²) < 4.78 is 18.4. The third-order valence-electron chi connectivity index (χ3n) is 2.72. The molecular formula is C14H14N2O13. The van der Waals surface area contributed by atoms with Gasteiger partial charge in [0, 0.05) is 6.92 Å². The molecule has 0 aliphatic rings. The normalized spacial score (nSPS) is 10.8. The highest BCUT2D eigenvalue weighted by molar-refractivity contribution is 5.93. The molecule has 1 atom stereocenters. The standard InChI is InChI=1S/C14H14N2O13/c1-9(17)28-12-5-3-2-4-11(12)13(18)25-8-26-14(19)24-6-10(29-16(22)23)7-27-15(20)21/h2-5,10H,6-8H2,1H3. The van der Waals surface area contributed by atoms with E-state index in [0.717, 1.165) is 6.92 Å². The molecule has 0 radical (unpaired) electrons. The number of ether oxygens (including phenoxy) is 4. The third-order valence-corrected chi connectivity index (χ3v) is 2.72. The van der Waals surface area contributed by atoms with Crippen molar-refractivity contribution in [2.75, 3.05) is 20.0 Å². The number of carbonyl (C=O) groups excluding carboxylic acids is 3. The molecule has 0 saturated carbocycles. The van der Waals surface area contributed by atoms with Gasteiger partial charge in [0.2, 0.25) is 6.79 Å². The van der Waals surface area contributed by atoms with Gasteiger partial charge in [0.1, 0.15) is 24.5 Å². The van der Waals surface area contributed by atoms with Gasteiger partial charge in [-0.1, -0.05) is 12.1 Å². The SMILES string of the molecule is CC(=O)Oc1ccccc1C(=O)OCOC(=O)OCC(CO[N+](=O)[O-])O[N+](=O)[O-]. The van der Waals surface area contributed by atoms with E-state index < -0.39 is 54.4 Å². The van der Waals surface area contributed by atoms with E-state index in [-0.39, 0.29) is 11.3 Å². The first kappa shape index (κ1) is 22.9. The van der Waals surface area contributed by atoms with Crippen LogP contribution in [0.4, 0.5) is 4.79 Å². The van der Waals surface area contributed by atoms with Crippen molar-refractivity contribution in [1.82, 2.24) is 0 Å². The average Bonchev–Trinajstić information content (AvgIpc) is 2.63. The Hall–Kier alpha value is -4.17. The van der Waals surface area contributed by atoms with Crippen molar-refractivity contribution in [2.24, 2.45) is 0 Å². The molecule has 0 spiro atoms. The van der Waals surface area contributed by atoms with Crippen LogP contribution in [-0.2, 0) is 28.7 Å². The molecule has 0 heterocycles. The molecule has 0 amide bonds. The minimum atomic E-state index is -1.60. The van der Waals surface area contributed by atoms with E-state index in [1.807, 2.05) is 0 Å². The fourth-order valence-corrected chi connectivity index (χ4v) is 1.67. The van der Waals surface area contributed by atoms with Crippen molar-refractivity contribution in [2.45, 2.75) is 13.0 Å². The Balaban J connectivity index is 2.46. The molecule has 1 unspecified atom stereocenters. The topological polar surface area (TPSA) is 193 Å². The van der Waals surface area contributed by atoms with Crippen LogP contribution in [-0.4, -0.2) is 54.4 Å². The molecule has 15 nitrogen and oxygen atoms in total. The van der Waals surface area contributed by atoms with Gasteiger partial charge in [0.25, 0.3) is 10.2 Å². The Morgan fingerprint density at radius 3 is 2.31 bits per heavy atom. The number of nitrogens with zero attached hydrogens (tertiary/aromatic N) is 2. The molecule has 29 heavy (non-hydrogen) atoms. The highest BCUT2D eigenvalue weighted by atomic mass is 17.0. The molecular weight excluding hydrogens is 404 g/mol. The first-order valence-electron chi connectivity index (χ1n) is 7.51. The van der Waals surface area contributed by atoms with Crippen molar-refractivity contribution >= 4 is 18.1 Å². The number of hydrogen-bond donors (Lipinski definition) is 0. The average molecular weight is 418 g/mol. The quantitative estimate of drug-likeness (QED) is 0.160. The van der Waals surface area contributed by atoms with E-state index in [2.05, 4.69) is 23.9 Å². The molecule has 0 aliphatic carbocycles. The molecule has 0 N–H and O–H groups in total. The predicted octanol–water partition coefficient (Wildman–Crippen LogP) is 0.665. The van der Waals surface area contributed by atoms with Gasteiger partial charge in [-0.2, -0.15) is 0 Å². The van der Waals surface area contributed by atoms with Crippen LogP contribution < -0.4 is 4.74 Å². The van der Waals surface area contributed by atoms with Gasteiger partial charge in [0.05, 0.1) is 0 Å². The summed E-state index contributed by atoms with van der Waals surface area (Å²) in [6.07, 6.45) is -3.01. The number of rotatable bonds is 11. The van der Waals surface area contributed by atoms with Gasteiger partial charge in [-0.3, -0.25) is 4.79 Å². The smallest absolute Gasteiger partial charge is 0.432 e. The van der Waals surface area contributed by atoms with E-state index in [9.17, 15) is 34.6 Å². The van der Waals surface area contributed by atoms with E-state index in [1.54, 1.807) is 0 Å². The van der Waals surface area contributed by atoms with Gasteiger partial charge in [-0.25, -0.2) is 9.59 Å². The molecule has 1 rings (SSSR count). The molecule has 0 aliphatic heterocycles. The second-order valence-electron chi connectivity index (χ2n) is 4.82. The van der Waals surface area contributed by atoms with Gasteiger partial charge >= 0.3 is 18.1 Å². The van der Waals surface area contributed by atoms with Crippen LogP contribution in [0.5, 0.6) is 5.75 Å². The Labute approximate surface area is 161 Å². The second-order valence-corrected chi connectivity index (χ2v) is 4.82. The number of esters is 2. The number of benzene rings is 1. The summed E-state index contributed by atoms with van der Waals surface area (Å²) in [5.41, 5.74) is -0.115. The van der Waals surface area contributed by atoms with Crippen LogP contribution in [0.25, 0.3) is 0 Å². The highest BCUT2D eigenvalue weighted by Crippen LogP contribution is 2.19. The van der Waals surface area contributed by atoms with E-state index >= 15 is 0 Å². The molecule has 0 bridgehead atoms. The van der Waals surface area contributed by atoms with E-state index in [0.29, 0.717) is 0 Å². The minimum absolute atomic E-state index is 0.0712. The Morgan fingerprint density at radius 2 is 1.69 bits per heavy atom. The maximum absolute atomic E-state index is 11.9. The van der Waals surface area contributed by atoms with Gasteiger partial charge in [-0.15, -0.1) is 20.2 Å². The minimum Gasteiger partial charge on any atom is -0.432 e. The lowest BCUT2D eigenvalue weighted by molar-refractivity contribution is -0.790. The molecule has 0 aromatic heterocycles. The second kappa shape index (κ2) is 11.5. The summed E-state index contributed by atoms with van der Waals surface area (Å²) in [6, 6.07) is 5.62. The summed E-state index contributed by atoms with van der Waals surface area (Å²) in [6.45, 7) is -1.48. The maximum atomic E-state index is 11.9. The monoisotopic (exact) mass is 418 g/mol. The maximum Gasteiger partial charge on any atom is 0.511 e. The lowest BCUT2D eigenvalue weighted by atomic mass is 10.2. The van der Waals surface area contributed by atoms with Gasteiger partial charge in [-0.05, 0) is 12.1 Å². The number of para-hydroxylation sites is 1. The molecule has 1 aromatic carbocycles. The Bertz CT molecular complexity index is 766. The lowest BCUT2D eigenvalue weighted by Crippen LogP contribution is -2.30. The van der Waals surface area contributed by atoms with Crippen LogP contribution in [0.3, 0.4) is 0 Å². The fraction of sp³-hybridized carbons (Fsp3) is 0.357. The van der Waals surface area contributed by atoms with Crippen LogP contribution >= 0.6 is 0 Å². The van der Waals surface area contributed by atoms with Crippen molar-refractivity contribution in [1.29, 1.82) is 0 Å². The van der Waals surface area contributed by atoms with Gasteiger partial charge in [0.15, 0.2) is 6.10 Å². The summed E-state index contributed by atoms with van der Waals surface area (Å²) >= 11 is 0. The third kappa shape index (κ3) is 9.36. The summed E-state index contributed by atoms with van der Waals surface area (Å²) in [5, 5.41) is 17.9. The number of carbonyl (C=O) groups is 3. The van der Waals surface area contributed by atoms with E-state index in [1.165, 1.54) is 24.3 Å². The van der Waals surface area contributed by atoms with Crippen LogP contribution in [0.2, 0.25) is 0 Å². The molecule has 15 heteroatoms. The Kier molecular flexibility index (Phi) is 9.09. The fourth-order valence-electron chi connectivity index (χ4n) is 1.67. The lowest BCUT2D eigenvalue weighted by Gasteiger charge is -2.14. The molecule has 0 saturated heterocycles. The zero-order chi connectivity index (χ0) is 21.8. The summed E-state index contributed by atoms with van der Waals surface area (Å²) in [4.78, 5) is 62.6. The van der Waals surface area contributed by atoms with E-state index in [4.69, 9.17) is 4.74 Å². The molecule has 0 fully saturated rings. The highest BCUT2D eigenvalue weighted by Gasteiger charge is 2.20. The number of hydrogen-bond acceptors (Lipinski definition) is 13. The summed E-state index contributed by atoms with van der Waals surface area (Å²) in [7, 11) is 0. The van der Waals surface area contributed by atoms with Gasteiger partial charge < -0.3 is 28.6 Å². The Morgan fingerprint density at radius 1 is 1.00 bits per heavy atom. The van der Waals surface area contributed by atoms with Crippen LogP contribution in [0.1, 0.15) is 17.3 Å². The zero-order valence-corrected chi connectivity index (χ0v) is 14.7. The largest absolute Gasteiger partial charge is 0.511 e.